The average molecular weight is 452 g/mol. The SMILES string of the molecule is CN(C)C(=O)c1ccc(N(CC(=O)NCCCc2ccc(Cl)cc2)S(C)(=O)=O)cc1. The summed E-state index contributed by atoms with van der Waals surface area (Å²) in [6.07, 6.45) is 2.53. The van der Waals surface area contributed by atoms with Crippen LogP contribution in [0.15, 0.2) is 48.5 Å². The van der Waals surface area contributed by atoms with Crippen molar-refractivity contribution >= 4 is 39.1 Å². The van der Waals surface area contributed by atoms with Crippen molar-refractivity contribution in [3.05, 3.63) is 64.7 Å². The maximum absolute atomic E-state index is 12.3. The van der Waals surface area contributed by atoms with Crippen molar-refractivity contribution in [1.82, 2.24) is 10.2 Å². The van der Waals surface area contributed by atoms with Gasteiger partial charge in [-0.25, -0.2) is 8.42 Å². The third-order valence-electron chi connectivity index (χ3n) is 4.37. The molecule has 2 rings (SSSR count). The number of hydrogen-bond donors (Lipinski definition) is 1. The summed E-state index contributed by atoms with van der Waals surface area (Å²) in [4.78, 5) is 25.7. The Morgan fingerprint density at radius 2 is 1.60 bits per heavy atom. The van der Waals surface area contributed by atoms with Crippen molar-refractivity contribution in [2.24, 2.45) is 0 Å². The van der Waals surface area contributed by atoms with Gasteiger partial charge in [-0.2, -0.15) is 0 Å². The number of halogens is 1. The summed E-state index contributed by atoms with van der Waals surface area (Å²) < 4.78 is 25.4. The predicted octanol–water partition coefficient (Wildman–Crippen LogP) is 2.56. The molecule has 0 unspecified atom stereocenters. The summed E-state index contributed by atoms with van der Waals surface area (Å²) >= 11 is 5.86. The van der Waals surface area contributed by atoms with Crippen LogP contribution >= 0.6 is 11.6 Å². The van der Waals surface area contributed by atoms with Crippen LogP contribution in [0, 0.1) is 0 Å². The van der Waals surface area contributed by atoms with Gasteiger partial charge in [0.2, 0.25) is 15.9 Å². The second-order valence-corrected chi connectivity index (χ2v) is 9.44. The standard InChI is InChI=1S/C21H26ClN3O4S/c1-24(2)21(27)17-8-12-19(13-9-17)25(30(3,28)29)15-20(26)23-14-4-5-16-6-10-18(22)11-7-16/h6-13H,4-5,14-15H2,1-3H3,(H,23,26). The molecule has 0 fully saturated rings. The van der Waals surface area contributed by atoms with Crippen LogP contribution in [0.4, 0.5) is 5.69 Å². The number of sulfonamides is 1. The van der Waals surface area contributed by atoms with E-state index in [1.54, 1.807) is 26.2 Å². The highest BCUT2D eigenvalue weighted by Gasteiger charge is 2.21. The first-order chi connectivity index (χ1) is 14.1. The minimum Gasteiger partial charge on any atom is -0.355 e. The van der Waals surface area contributed by atoms with Crippen molar-refractivity contribution in [1.29, 1.82) is 0 Å². The van der Waals surface area contributed by atoms with Gasteiger partial charge in [-0.05, 0) is 54.8 Å². The molecule has 0 aromatic heterocycles. The first-order valence-corrected chi connectivity index (χ1v) is 11.6. The van der Waals surface area contributed by atoms with Crippen LogP contribution in [0.2, 0.25) is 5.02 Å². The molecule has 0 atom stereocenters. The van der Waals surface area contributed by atoms with Gasteiger partial charge in [-0.1, -0.05) is 23.7 Å². The van der Waals surface area contributed by atoms with Gasteiger partial charge in [0.15, 0.2) is 0 Å². The largest absolute Gasteiger partial charge is 0.355 e. The van der Waals surface area contributed by atoms with E-state index in [9.17, 15) is 18.0 Å². The number of aryl methyl sites for hydroxylation is 1. The molecule has 1 N–H and O–H groups in total. The third-order valence-corrected chi connectivity index (χ3v) is 5.77. The second kappa shape index (κ2) is 10.4. The van der Waals surface area contributed by atoms with Crippen LogP contribution in [0.3, 0.4) is 0 Å². The topological polar surface area (TPSA) is 86.8 Å². The van der Waals surface area contributed by atoms with Gasteiger partial charge in [0.05, 0.1) is 11.9 Å². The van der Waals surface area contributed by atoms with Gasteiger partial charge in [0, 0.05) is 31.2 Å². The number of nitrogens with one attached hydrogen (secondary N) is 1. The zero-order valence-electron chi connectivity index (χ0n) is 17.3. The van der Waals surface area contributed by atoms with E-state index in [0.29, 0.717) is 29.2 Å². The molecule has 162 valence electrons. The maximum Gasteiger partial charge on any atom is 0.253 e. The smallest absolute Gasteiger partial charge is 0.253 e. The molecular weight excluding hydrogens is 426 g/mol. The van der Waals surface area contributed by atoms with Crippen molar-refractivity contribution in [2.75, 3.05) is 37.7 Å². The fraction of sp³-hybridized carbons (Fsp3) is 0.333. The number of amides is 2. The Hall–Kier alpha value is -2.58. The van der Waals surface area contributed by atoms with Crippen LogP contribution in [0.5, 0.6) is 0 Å². The number of benzene rings is 2. The van der Waals surface area contributed by atoms with Gasteiger partial charge in [0.1, 0.15) is 6.54 Å². The molecule has 0 radical (unpaired) electrons. The second-order valence-electron chi connectivity index (χ2n) is 7.10. The molecule has 0 aliphatic rings. The molecule has 9 heteroatoms. The summed E-state index contributed by atoms with van der Waals surface area (Å²) in [5.74, 6) is -0.587. The van der Waals surface area contributed by atoms with E-state index in [4.69, 9.17) is 11.6 Å². The molecule has 2 aromatic rings. The van der Waals surface area contributed by atoms with Gasteiger partial charge < -0.3 is 10.2 Å². The zero-order chi connectivity index (χ0) is 22.3. The molecule has 0 saturated heterocycles. The lowest BCUT2D eigenvalue weighted by Gasteiger charge is -2.22. The molecule has 2 amide bonds. The van der Waals surface area contributed by atoms with Gasteiger partial charge in [-0.15, -0.1) is 0 Å². The molecule has 0 aliphatic carbocycles. The van der Waals surface area contributed by atoms with Crippen molar-refractivity contribution in [3.63, 3.8) is 0 Å². The van der Waals surface area contributed by atoms with E-state index in [1.165, 1.54) is 17.0 Å². The minimum absolute atomic E-state index is 0.189. The number of carbonyl (C=O) groups is 2. The van der Waals surface area contributed by atoms with E-state index in [-0.39, 0.29) is 12.5 Å². The van der Waals surface area contributed by atoms with Gasteiger partial charge in [0.25, 0.3) is 5.91 Å². The summed E-state index contributed by atoms with van der Waals surface area (Å²) in [6.45, 7) is 0.0933. The van der Waals surface area contributed by atoms with E-state index in [0.717, 1.165) is 22.5 Å². The average Bonchev–Trinajstić information content (AvgIpc) is 2.69. The Labute approximate surface area is 182 Å². The highest BCUT2D eigenvalue weighted by atomic mass is 35.5. The number of carbonyl (C=O) groups excluding carboxylic acids is 2. The Bertz CT molecular complexity index is 974. The van der Waals surface area contributed by atoms with Crippen LogP contribution in [0.25, 0.3) is 0 Å². The minimum atomic E-state index is -3.68. The Kier molecular flexibility index (Phi) is 8.25. The van der Waals surface area contributed by atoms with Crippen LogP contribution in [0.1, 0.15) is 22.3 Å². The molecule has 7 nitrogen and oxygen atoms in total. The highest BCUT2D eigenvalue weighted by molar-refractivity contribution is 7.92. The number of nitrogens with zero attached hydrogens (tertiary/aromatic N) is 2. The molecule has 0 saturated carbocycles. The fourth-order valence-electron chi connectivity index (χ4n) is 2.79. The lowest BCUT2D eigenvalue weighted by Crippen LogP contribution is -2.40. The first kappa shape index (κ1) is 23.7. The van der Waals surface area contributed by atoms with Gasteiger partial charge in [-0.3, -0.25) is 13.9 Å². The molecule has 0 aliphatic heterocycles. The monoisotopic (exact) mass is 451 g/mol. The van der Waals surface area contributed by atoms with E-state index >= 15 is 0 Å². The van der Waals surface area contributed by atoms with Crippen LogP contribution in [-0.2, 0) is 21.2 Å². The Balaban J connectivity index is 1.95. The number of hydrogen-bond acceptors (Lipinski definition) is 4. The zero-order valence-corrected chi connectivity index (χ0v) is 18.8. The van der Waals surface area contributed by atoms with E-state index in [2.05, 4.69) is 5.32 Å². The number of anilines is 1. The number of rotatable bonds is 9. The predicted molar refractivity (Wildman–Crippen MR) is 119 cm³/mol. The molecule has 0 bridgehead atoms. The third kappa shape index (κ3) is 7.03. The molecule has 0 heterocycles. The van der Waals surface area contributed by atoms with Gasteiger partial charge >= 0.3 is 0 Å². The summed E-state index contributed by atoms with van der Waals surface area (Å²) in [5.41, 5.74) is 1.87. The molecular formula is C21H26ClN3O4S. The summed E-state index contributed by atoms with van der Waals surface area (Å²) in [5, 5.41) is 3.42. The first-order valence-electron chi connectivity index (χ1n) is 9.38. The van der Waals surface area contributed by atoms with E-state index < -0.39 is 15.9 Å². The Morgan fingerprint density at radius 1 is 1.00 bits per heavy atom. The lowest BCUT2D eigenvalue weighted by molar-refractivity contribution is -0.119. The summed E-state index contributed by atoms with van der Waals surface area (Å²) in [7, 11) is -0.405. The van der Waals surface area contributed by atoms with Crippen molar-refractivity contribution in [3.8, 4) is 0 Å². The fourth-order valence-corrected chi connectivity index (χ4v) is 3.77. The Morgan fingerprint density at radius 3 is 2.13 bits per heavy atom. The van der Waals surface area contributed by atoms with Crippen LogP contribution in [-0.4, -0.2) is 58.6 Å². The van der Waals surface area contributed by atoms with Crippen LogP contribution < -0.4 is 9.62 Å². The maximum atomic E-state index is 12.3. The van der Waals surface area contributed by atoms with Crippen molar-refractivity contribution < 1.29 is 18.0 Å². The normalized spacial score (nSPS) is 11.1. The van der Waals surface area contributed by atoms with Crippen molar-refractivity contribution in [2.45, 2.75) is 12.8 Å². The summed E-state index contributed by atoms with van der Waals surface area (Å²) in [6, 6.07) is 13.6. The highest BCUT2D eigenvalue weighted by Crippen LogP contribution is 2.19. The lowest BCUT2D eigenvalue weighted by atomic mass is 10.1. The molecule has 2 aromatic carbocycles. The quantitative estimate of drug-likeness (QED) is 0.593. The van der Waals surface area contributed by atoms with E-state index in [1.807, 2.05) is 24.3 Å². The molecule has 0 spiro atoms. The molecule has 30 heavy (non-hydrogen) atoms.